The van der Waals surface area contributed by atoms with Gasteiger partial charge < -0.3 is 9.13 Å². The minimum absolute atomic E-state index is 0.257. The zero-order chi connectivity index (χ0) is 19.3. The summed E-state index contributed by atoms with van der Waals surface area (Å²) in [6.07, 6.45) is 7.30. The largest absolute Gasteiger partial charge is 0.333 e. The fourth-order valence-corrected chi connectivity index (χ4v) is 3.12. The second-order valence-corrected chi connectivity index (χ2v) is 6.23. The standard InChI is InChI=1S/C22H17N5O/c23-10-13-27-16-18(20-8-1-2-9-21(20)27)15-24-25-22(28)17-6-5-7-19(14-17)26-11-3-4-12-26/h1-9,11-12,14-16H,13H2,(H,25,28)/b24-15+. The molecule has 2 aromatic heterocycles. The minimum atomic E-state index is -0.286. The van der Waals surface area contributed by atoms with Crippen molar-refractivity contribution in [3.63, 3.8) is 0 Å². The Hall–Kier alpha value is -4.11. The number of fused-ring (bicyclic) bond motifs is 1. The second kappa shape index (κ2) is 7.64. The molecule has 0 fully saturated rings. The molecule has 0 unspecified atom stereocenters. The van der Waals surface area contributed by atoms with Crippen molar-refractivity contribution in [3.8, 4) is 11.8 Å². The van der Waals surface area contributed by atoms with Gasteiger partial charge in [0.25, 0.3) is 5.91 Å². The molecule has 4 rings (SSSR count). The Labute approximate surface area is 161 Å². The maximum Gasteiger partial charge on any atom is 0.271 e. The number of hydrazone groups is 1. The number of nitriles is 1. The van der Waals surface area contributed by atoms with E-state index in [1.807, 2.05) is 82.3 Å². The Kier molecular flexibility index (Phi) is 4.72. The van der Waals surface area contributed by atoms with Crippen LogP contribution in [0.1, 0.15) is 15.9 Å². The van der Waals surface area contributed by atoms with Gasteiger partial charge in [0.15, 0.2) is 0 Å². The van der Waals surface area contributed by atoms with Crippen molar-refractivity contribution < 1.29 is 4.79 Å². The minimum Gasteiger partial charge on any atom is -0.333 e. The van der Waals surface area contributed by atoms with E-state index in [0.29, 0.717) is 5.56 Å². The van der Waals surface area contributed by atoms with E-state index in [0.717, 1.165) is 22.2 Å². The molecule has 136 valence electrons. The summed E-state index contributed by atoms with van der Waals surface area (Å²) in [5.41, 5.74) is 5.80. The summed E-state index contributed by atoms with van der Waals surface area (Å²) in [6.45, 7) is 0.257. The number of para-hydroxylation sites is 1. The molecule has 0 bridgehead atoms. The zero-order valence-corrected chi connectivity index (χ0v) is 15.0. The monoisotopic (exact) mass is 367 g/mol. The maximum absolute atomic E-state index is 12.4. The van der Waals surface area contributed by atoms with Crippen LogP contribution in [0, 0.1) is 11.3 Å². The third kappa shape index (κ3) is 3.41. The van der Waals surface area contributed by atoms with E-state index >= 15 is 0 Å². The lowest BCUT2D eigenvalue weighted by Crippen LogP contribution is -2.17. The highest BCUT2D eigenvalue weighted by molar-refractivity contribution is 6.00. The Morgan fingerprint density at radius 2 is 1.93 bits per heavy atom. The van der Waals surface area contributed by atoms with E-state index in [4.69, 9.17) is 5.26 Å². The topological polar surface area (TPSA) is 75.1 Å². The van der Waals surface area contributed by atoms with Crippen LogP contribution in [0.25, 0.3) is 16.6 Å². The van der Waals surface area contributed by atoms with Crippen molar-refractivity contribution in [1.29, 1.82) is 5.26 Å². The van der Waals surface area contributed by atoms with Gasteiger partial charge in [-0.2, -0.15) is 10.4 Å². The average Bonchev–Trinajstić information content (AvgIpc) is 3.38. The first kappa shape index (κ1) is 17.3. The molecule has 0 saturated carbocycles. The van der Waals surface area contributed by atoms with E-state index in [1.165, 1.54) is 0 Å². The van der Waals surface area contributed by atoms with Gasteiger partial charge in [0.1, 0.15) is 6.54 Å². The van der Waals surface area contributed by atoms with Crippen LogP contribution in [0.5, 0.6) is 0 Å². The molecular formula is C22H17N5O. The van der Waals surface area contributed by atoms with Crippen LogP contribution in [0.2, 0.25) is 0 Å². The lowest BCUT2D eigenvalue weighted by Gasteiger charge is -2.05. The van der Waals surface area contributed by atoms with Gasteiger partial charge in [-0.3, -0.25) is 4.79 Å². The Morgan fingerprint density at radius 1 is 1.11 bits per heavy atom. The summed E-state index contributed by atoms with van der Waals surface area (Å²) in [7, 11) is 0. The van der Waals surface area contributed by atoms with E-state index in [2.05, 4.69) is 16.6 Å². The summed E-state index contributed by atoms with van der Waals surface area (Å²) in [5.74, 6) is -0.286. The van der Waals surface area contributed by atoms with Gasteiger partial charge in [-0.15, -0.1) is 0 Å². The smallest absolute Gasteiger partial charge is 0.271 e. The predicted octanol–water partition coefficient (Wildman–Crippen LogP) is 3.72. The molecule has 6 nitrogen and oxygen atoms in total. The van der Waals surface area contributed by atoms with Crippen molar-refractivity contribution in [1.82, 2.24) is 14.6 Å². The van der Waals surface area contributed by atoms with Gasteiger partial charge >= 0.3 is 0 Å². The van der Waals surface area contributed by atoms with Crippen LogP contribution in [-0.4, -0.2) is 21.3 Å². The first-order valence-electron chi connectivity index (χ1n) is 8.78. The Bertz CT molecular complexity index is 1200. The first-order chi connectivity index (χ1) is 13.8. The van der Waals surface area contributed by atoms with Gasteiger partial charge in [-0.1, -0.05) is 24.3 Å². The summed E-state index contributed by atoms with van der Waals surface area (Å²) >= 11 is 0. The van der Waals surface area contributed by atoms with Crippen LogP contribution in [0.3, 0.4) is 0 Å². The maximum atomic E-state index is 12.4. The van der Waals surface area contributed by atoms with Crippen LogP contribution in [0.15, 0.2) is 84.4 Å². The van der Waals surface area contributed by atoms with E-state index in [9.17, 15) is 4.79 Å². The number of amides is 1. The van der Waals surface area contributed by atoms with E-state index < -0.39 is 0 Å². The Morgan fingerprint density at radius 3 is 2.75 bits per heavy atom. The normalized spacial score (nSPS) is 11.0. The highest BCUT2D eigenvalue weighted by Crippen LogP contribution is 2.19. The summed E-state index contributed by atoms with van der Waals surface area (Å²) in [5, 5.41) is 14.1. The number of rotatable bonds is 5. The fourth-order valence-electron chi connectivity index (χ4n) is 3.12. The van der Waals surface area contributed by atoms with Crippen molar-refractivity contribution in [3.05, 3.63) is 90.4 Å². The quantitative estimate of drug-likeness (QED) is 0.431. The molecule has 2 aromatic carbocycles. The summed E-state index contributed by atoms with van der Waals surface area (Å²) in [6, 6.07) is 21.1. The molecular weight excluding hydrogens is 350 g/mol. The number of hydrogen-bond donors (Lipinski definition) is 1. The van der Waals surface area contributed by atoms with Crippen LogP contribution < -0.4 is 5.43 Å². The van der Waals surface area contributed by atoms with Gasteiger partial charge in [0.2, 0.25) is 0 Å². The third-order valence-corrected chi connectivity index (χ3v) is 4.44. The highest BCUT2D eigenvalue weighted by atomic mass is 16.2. The van der Waals surface area contributed by atoms with Gasteiger partial charge in [-0.25, -0.2) is 5.43 Å². The highest BCUT2D eigenvalue weighted by Gasteiger charge is 2.08. The molecule has 0 radical (unpaired) electrons. The van der Waals surface area contributed by atoms with Gasteiger partial charge in [-0.05, 0) is 36.4 Å². The average molecular weight is 367 g/mol. The third-order valence-electron chi connectivity index (χ3n) is 4.44. The molecule has 4 aromatic rings. The molecule has 0 aliphatic heterocycles. The lowest BCUT2D eigenvalue weighted by atomic mass is 10.2. The fraction of sp³-hybridized carbons (Fsp3) is 0.0455. The van der Waals surface area contributed by atoms with Crippen molar-refractivity contribution in [2.24, 2.45) is 5.10 Å². The molecule has 1 N–H and O–H groups in total. The molecule has 0 aliphatic rings. The number of carbonyl (C=O) groups excluding carboxylic acids is 1. The first-order valence-corrected chi connectivity index (χ1v) is 8.78. The van der Waals surface area contributed by atoms with Crippen LogP contribution >= 0.6 is 0 Å². The summed E-state index contributed by atoms with van der Waals surface area (Å²) < 4.78 is 3.79. The zero-order valence-electron chi connectivity index (χ0n) is 15.0. The second-order valence-electron chi connectivity index (χ2n) is 6.23. The number of benzene rings is 2. The van der Waals surface area contributed by atoms with Gasteiger partial charge in [0, 0.05) is 46.3 Å². The molecule has 28 heavy (non-hydrogen) atoms. The molecule has 0 aliphatic carbocycles. The molecule has 2 heterocycles. The Balaban J connectivity index is 1.53. The molecule has 0 spiro atoms. The van der Waals surface area contributed by atoms with Crippen LogP contribution in [0.4, 0.5) is 0 Å². The molecule has 6 heteroatoms. The van der Waals surface area contributed by atoms with Crippen molar-refractivity contribution in [2.75, 3.05) is 0 Å². The van der Waals surface area contributed by atoms with Crippen LogP contribution in [-0.2, 0) is 6.54 Å². The van der Waals surface area contributed by atoms with E-state index in [1.54, 1.807) is 12.3 Å². The number of aromatic nitrogens is 2. The molecule has 0 saturated heterocycles. The SMILES string of the molecule is N#CCn1cc(/C=N/NC(=O)c2cccc(-n3cccc3)c2)c2ccccc21. The van der Waals surface area contributed by atoms with Crippen molar-refractivity contribution in [2.45, 2.75) is 6.54 Å². The molecule has 1 amide bonds. The van der Waals surface area contributed by atoms with Gasteiger partial charge in [0.05, 0.1) is 12.3 Å². The summed E-state index contributed by atoms with van der Waals surface area (Å²) in [4.78, 5) is 12.4. The van der Waals surface area contributed by atoms with Crippen molar-refractivity contribution >= 4 is 23.0 Å². The number of hydrogen-bond acceptors (Lipinski definition) is 3. The number of nitrogens with zero attached hydrogens (tertiary/aromatic N) is 4. The van der Waals surface area contributed by atoms with E-state index in [-0.39, 0.29) is 12.5 Å². The number of carbonyl (C=O) groups is 1. The molecule has 0 atom stereocenters. The predicted molar refractivity (Wildman–Crippen MR) is 108 cm³/mol. The number of nitrogens with one attached hydrogen (secondary N) is 1. The lowest BCUT2D eigenvalue weighted by molar-refractivity contribution is 0.0955.